The molecule has 1 saturated heterocycles. The molecular formula is C21H28N3O3+. The Kier molecular flexibility index (Phi) is 6.54. The fourth-order valence-electron chi connectivity index (χ4n) is 3.36. The lowest BCUT2D eigenvalue weighted by Gasteiger charge is -2.30. The van der Waals surface area contributed by atoms with Gasteiger partial charge in [0.2, 0.25) is 5.75 Å². The molecule has 6 nitrogen and oxygen atoms in total. The zero-order chi connectivity index (χ0) is 19.1. The van der Waals surface area contributed by atoms with Crippen LogP contribution >= 0.6 is 0 Å². The predicted molar refractivity (Wildman–Crippen MR) is 106 cm³/mol. The molecule has 0 amide bonds. The van der Waals surface area contributed by atoms with Crippen LogP contribution in [0.25, 0.3) is 0 Å². The van der Waals surface area contributed by atoms with E-state index < -0.39 is 0 Å². The maximum atomic E-state index is 5.51. The first-order chi connectivity index (χ1) is 13.2. The van der Waals surface area contributed by atoms with Gasteiger partial charge in [-0.2, -0.15) is 5.10 Å². The van der Waals surface area contributed by atoms with Crippen LogP contribution in [0.1, 0.15) is 11.1 Å². The molecule has 1 aliphatic heterocycles. The molecule has 0 saturated carbocycles. The lowest BCUT2D eigenvalue weighted by Crippen LogP contribution is -3.13. The van der Waals surface area contributed by atoms with Gasteiger partial charge in [-0.3, -0.25) is 5.01 Å². The molecule has 144 valence electrons. The first-order valence-electron chi connectivity index (χ1n) is 9.20. The van der Waals surface area contributed by atoms with Crippen LogP contribution in [0.5, 0.6) is 17.2 Å². The maximum Gasteiger partial charge on any atom is 0.203 e. The lowest BCUT2D eigenvalue weighted by molar-refractivity contribution is -0.918. The van der Waals surface area contributed by atoms with Crippen LogP contribution in [0.4, 0.5) is 0 Å². The highest BCUT2D eigenvalue weighted by Gasteiger charge is 2.19. The minimum atomic E-state index is 0.584. The molecule has 6 heteroatoms. The summed E-state index contributed by atoms with van der Waals surface area (Å²) >= 11 is 0. The number of hydrogen-bond donors (Lipinski definition) is 1. The van der Waals surface area contributed by atoms with Crippen LogP contribution in [0.2, 0.25) is 0 Å². The average molecular weight is 370 g/mol. The van der Waals surface area contributed by atoms with E-state index >= 15 is 0 Å². The normalized spacial score (nSPS) is 15.1. The van der Waals surface area contributed by atoms with Crippen molar-refractivity contribution in [1.29, 1.82) is 0 Å². The molecule has 0 bridgehead atoms. The van der Waals surface area contributed by atoms with Gasteiger partial charge in [0.05, 0.1) is 53.7 Å². The molecule has 3 rings (SSSR count). The molecule has 27 heavy (non-hydrogen) atoms. The van der Waals surface area contributed by atoms with Gasteiger partial charge in [0.15, 0.2) is 11.5 Å². The van der Waals surface area contributed by atoms with Crippen molar-refractivity contribution in [3.8, 4) is 17.2 Å². The van der Waals surface area contributed by atoms with Crippen molar-refractivity contribution in [1.82, 2.24) is 5.01 Å². The van der Waals surface area contributed by atoms with Crippen LogP contribution < -0.4 is 19.1 Å². The second-order valence-corrected chi connectivity index (χ2v) is 6.53. The van der Waals surface area contributed by atoms with Crippen molar-refractivity contribution in [3.63, 3.8) is 0 Å². The average Bonchev–Trinajstić information content (AvgIpc) is 2.73. The molecule has 0 radical (unpaired) electrons. The van der Waals surface area contributed by atoms with E-state index in [-0.39, 0.29) is 0 Å². The zero-order valence-electron chi connectivity index (χ0n) is 16.3. The Morgan fingerprint density at radius 2 is 1.63 bits per heavy atom. The van der Waals surface area contributed by atoms with Crippen molar-refractivity contribution < 1.29 is 19.1 Å². The van der Waals surface area contributed by atoms with E-state index in [0.717, 1.165) is 38.3 Å². The number of quaternary nitrogens is 1. The van der Waals surface area contributed by atoms with E-state index in [2.05, 4.69) is 40.4 Å². The number of ether oxygens (including phenoxy) is 3. The van der Waals surface area contributed by atoms with Crippen molar-refractivity contribution in [2.75, 3.05) is 47.5 Å². The summed E-state index contributed by atoms with van der Waals surface area (Å²) in [5.74, 6) is 1.86. The fourth-order valence-corrected chi connectivity index (χ4v) is 3.36. The summed E-state index contributed by atoms with van der Waals surface area (Å²) in [4.78, 5) is 1.59. The Hall–Kier alpha value is -2.73. The highest BCUT2D eigenvalue weighted by molar-refractivity contribution is 5.86. The van der Waals surface area contributed by atoms with Crippen LogP contribution in [0, 0.1) is 0 Å². The van der Waals surface area contributed by atoms with Crippen LogP contribution in [0.3, 0.4) is 0 Å². The molecule has 1 aliphatic rings. The quantitative estimate of drug-likeness (QED) is 0.750. The Labute approximate surface area is 160 Å². The third kappa shape index (κ3) is 4.71. The summed E-state index contributed by atoms with van der Waals surface area (Å²) in [6, 6.07) is 14.5. The fraction of sp³-hybridized carbons (Fsp3) is 0.381. The number of rotatable bonds is 7. The van der Waals surface area contributed by atoms with Crippen LogP contribution in [-0.2, 0) is 6.54 Å². The Morgan fingerprint density at radius 1 is 0.926 bits per heavy atom. The molecule has 0 atom stereocenters. The van der Waals surface area contributed by atoms with Gasteiger partial charge in [0, 0.05) is 11.1 Å². The smallest absolute Gasteiger partial charge is 0.203 e. The van der Waals surface area contributed by atoms with Crippen molar-refractivity contribution in [2.24, 2.45) is 5.10 Å². The van der Waals surface area contributed by atoms with Crippen molar-refractivity contribution in [3.05, 3.63) is 53.6 Å². The standard InChI is InChI=1S/C21H27N3O3/c1-25-19-10-9-18(20(26-2)21(19)27-3)15-22-24-13-11-23(12-14-24)16-17-7-5-4-6-8-17/h4-10,15H,11-14,16H2,1-3H3/p+1/b22-15-. The molecule has 1 heterocycles. The first kappa shape index (κ1) is 19.0. The first-order valence-corrected chi connectivity index (χ1v) is 9.20. The van der Waals surface area contributed by atoms with Gasteiger partial charge < -0.3 is 19.1 Å². The third-order valence-electron chi connectivity index (χ3n) is 4.84. The summed E-state index contributed by atoms with van der Waals surface area (Å²) in [5, 5.41) is 6.77. The number of piperazine rings is 1. The minimum absolute atomic E-state index is 0.584. The van der Waals surface area contributed by atoms with E-state index in [0.29, 0.717) is 17.2 Å². The second kappa shape index (κ2) is 9.28. The van der Waals surface area contributed by atoms with E-state index in [1.165, 1.54) is 5.56 Å². The Balaban J connectivity index is 1.61. The molecule has 1 fully saturated rings. The maximum absolute atomic E-state index is 5.51. The van der Waals surface area contributed by atoms with E-state index in [1.54, 1.807) is 26.2 Å². The minimum Gasteiger partial charge on any atom is -0.493 e. The second-order valence-electron chi connectivity index (χ2n) is 6.53. The van der Waals surface area contributed by atoms with Gasteiger partial charge in [-0.15, -0.1) is 0 Å². The summed E-state index contributed by atoms with van der Waals surface area (Å²) in [6.07, 6.45) is 1.84. The predicted octanol–water partition coefficient (Wildman–Crippen LogP) is 1.45. The highest BCUT2D eigenvalue weighted by atomic mass is 16.5. The number of benzene rings is 2. The van der Waals surface area contributed by atoms with Gasteiger partial charge in [-0.05, 0) is 12.1 Å². The van der Waals surface area contributed by atoms with Gasteiger partial charge >= 0.3 is 0 Å². The van der Waals surface area contributed by atoms with Gasteiger partial charge in [-0.25, -0.2) is 0 Å². The molecule has 2 aromatic rings. The molecule has 0 unspecified atom stereocenters. The lowest BCUT2D eigenvalue weighted by atomic mass is 10.2. The summed E-state index contributed by atoms with van der Waals surface area (Å²) < 4.78 is 16.3. The summed E-state index contributed by atoms with van der Waals surface area (Å²) in [7, 11) is 4.85. The van der Waals surface area contributed by atoms with E-state index in [9.17, 15) is 0 Å². The zero-order valence-corrected chi connectivity index (χ0v) is 16.3. The molecule has 0 aromatic heterocycles. The topological polar surface area (TPSA) is 47.7 Å². The number of nitrogens with one attached hydrogen (secondary N) is 1. The van der Waals surface area contributed by atoms with Gasteiger partial charge in [0.25, 0.3) is 0 Å². The monoisotopic (exact) mass is 370 g/mol. The van der Waals surface area contributed by atoms with Crippen LogP contribution in [0.15, 0.2) is 47.6 Å². The highest BCUT2D eigenvalue weighted by Crippen LogP contribution is 2.39. The summed E-state index contributed by atoms with van der Waals surface area (Å²) in [5.41, 5.74) is 2.26. The van der Waals surface area contributed by atoms with E-state index in [1.807, 2.05) is 18.3 Å². The van der Waals surface area contributed by atoms with Gasteiger partial charge in [0.1, 0.15) is 6.54 Å². The summed E-state index contributed by atoms with van der Waals surface area (Å²) in [6.45, 7) is 5.11. The SMILES string of the molecule is COc1ccc(/C=N\N2CC[NH+](Cc3ccccc3)CC2)c(OC)c1OC. The Morgan fingerprint density at radius 3 is 2.26 bits per heavy atom. The molecular weight excluding hydrogens is 342 g/mol. The largest absolute Gasteiger partial charge is 0.493 e. The third-order valence-corrected chi connectivity index (χ3v) is 4.84. The van der Waals surface area contributed by atoms with Gasteiger partial charge in [-0.1, -0.05) is 30.3 Å². The van der Waals surface area contributed by atoms with E-state index in [4.69, 9.17) is 14.2 Å². The van der Waals surface area contributed by atoms with Crippen molar-refractivity contribution >= 4 is 6.21 Å². The molecule has 2 aromatic carbocycles. The number of hydrogen-bond acceptors (Lipinski definition) is 5. The number of hydrazone groups is 1. The Bertz CT molecular complexity index is 757. The number of nitrogens with zero attached hydrogens (tertiary/aromatic N) is 2. The molecule has 0 aliphatic carbocycles. The van der Waals surface area contributed by atoms with Crippen LogP contribution in [-0.4, -0.2) is 58.7 Å². The van der Waals surface area contributed by atoms with Crippen molar-refractivity contribution in [2.45, 2.75) is 6.54 Å². The molecule has 0 spiro atoms. The number of methoxy groups -OCH3 is 3. The molecule has 1 N–H and O–H groups in total.